The van der Waals surface area contributed by atoms with Crippen molar-refractivity contribution in [2.24, 2.45) is 10.9 Å². The van der Waals surface area contributed by atoms with Crippen molar-refractivity contribution >= 4 is 12.2 Å². The van der Waals surface area contributed by atoms with Crippen LogP contribution in [0.3, 0.4) is 0 Å². The molecule has 0 aromatic heterocycles. The zero-order valence-electron chi connectivity index (χ0n) is 22.9. The standard InChI is InChI=1S/C26H32N4O2.2C2H6/c1-20(18-22-6-4-3-5-7-22)25(23-8-10-24(32)11-9-23)30-13-12-27-26(21(30)2)29-16-14-28(19-31)15-17-29;2*1-2/h3-8,10-13,19,21,23,32H,9,14-18H2,1-2H3;2*1-2H3/b25-20+;;. The quantitative estimate of drug-likeness (QED) is 0.518. The number of allylic oxidation sites excluding steroid dienone is 4. The maximum atomic E-state index is 11.1. The van der Waals surface area contributed by atoms with Gasteiger partial charge in [0.05, 0.1) is 6.04 Å². The van der Waals surface area contributed by atoms with Gasteiger partial charge in [0.25, 0.3) is 0 Å². The normalized spacial score (nSPS) is 21.8. The second-order valence-electron chi connectivity index (χ2n) is 8.66. The van der Waals surface area contributed by atoms with Crippen LogP contribution < -0.4 is 0 Å². The molecule has 6 nitrogen and oxygen atoms in total. The van der Waals surface area contributed by atoms with Crippen LogP contribution in [0.15, 0.2) is 83.0 Å². The summed E-state index contributed by atoms with van der Waals surface area (Å²) in [5.74, 6) is 1.56. The number of carbonyl (C=O) groups is 1. The van der Waals surface area contributed by atoms with Crippen molar-refractivity contribution in [3.63, 3.8) is 0 Å². The Morgan fingerprint density at radius 1 is 1.08 bits per heavy atom. The Balaban J connectivity index is 0.00000109. The van der Waals surface area contributed by atoms with Crippen LogP contribution in [0.1, 0.15) is 53.5 Å². The third-order valence-electron chi connectivity index (χ3n) is 6.47. The van der Waals surface area contributed by atoms with Crippen LogP contribution >= 0.6 is 0 Å². The molecule has 1 fully saturated rings. The van der Waals surface area contributed by atoms with Gasteiger partial charge in [-0.2, -0.15) is 0 Å². The summed E-state index contributed by atoms with van der Waals surface area (Å²) in [7, 11) is 0. The minimum Gasteiger partial charge on any atom is -0.508 e. The summed E-state index contributed by atoms with van der Waals surface area (Å²) in [6.45, 7) is 15.5. The fraction of sp³-hybridized carbons (Fsp3) is 0.467. The number of hydrogen-bond acceptors (Lipinski definition) is 5. The Kier molecular flexibility index (Phi) is 12.0. The van der Waals surface area contributed by atoms with Gasteiger partial charge in [-0.15, -0.1) is 0 Å². The van der Waals surface area contributed by atoms with Gasteiger partial charge in [0.2, 0.25) is 6.41 Å². The molecule has 0 radical (unpaired) electrons. The maximum absolute atomic E-state index is 11.1. The van der Waals surface area contributed by atoms with Crippen LogP contribution in [0, 0.1) is 5.92 Å². The van der Waals surface area contributed by atoms with Crippen LogP contribution in [0.2, 0.25) is 0 Å². The highest BCUT2D eigenvalue weighted by Crippen LogP contribution is 2.33. The summed E-state index contributed by atoms with van der Waals surface area (Å²) in [5, 5.41) is 9.87. The van der Waals surface area contributed by atoms with E-state index in [4.69, 9.17) is 4.99 Å². The summed E-state index contributed by atoms with van der Waals surface area (Å²) in [6, 6.07) is 10.6. The van der Waals surface area contributed by atoms with Gasteiger partial charge in [-0.05, 0) is 50.0 Å². The lowest BCUT2D eigenvalue weighted by Crippen LogP contribution is -2.54. The van der Waals surface area contributed by atoms with Gasteiger partial charge in [0, 0.05) is 50.2 Å². The first-order valence-corrected chi connectivity index (χ1v) is 13.3. The van der Waals surface area contributed by atoms with Gasteiger partial charge in [-0.25, -0.2) is 4.99 Å². The van der Waals surface area contributed by atoms with E-state index < -0.39 is 0 Å². The van der Waals surface area contributed by atoms with E-state index >= 15 is 0 Å². The highest BCUT2D eigenvalue weighted by molar-refractivity contribution is 5.89. The van der Waals surface area contributed by atoms with Crippen molar-refractivity contribution in [3.8, 4) is 0 Å². The first kappa shape index (κ1) is 29.0. The van der Waals surface area contributed by atoms with Gasteiger partial charge >= 0.3 is 0 Å². The van der Waals surface area contributed by atoms with Crippen molar-refractivity contribution < 1.29 is 9.90 Å². The molecule has 3 aliphatic rings. The molecule has 1 N–H and O–H groups in total. The van der Waals surface area contributed by atoms with Gasteiger partial charge in [-0.1, -0.05) is 64.1 Å². The Hall–Kier alpha value is -3.28. The van der Waals surface area contributed by atoms with Crippen LogP contribution in [-0.4, -0.2) is 64.3 Å². The zero-order valence-corrected chi connectivity index (χ0v) is 22.9. The van der Waals surface area contributed by atoms with E-state index in [2.05, 4.69) is 60.2 Å². The van der Waals surface area contributed by atoms with E-state index in [1.54, 1.807) is 6.08 Å². The van der Waals surface area contributed by atoms with E-state index in [0.717, 1.165) is 51.3 Å². The van der Waals surface area contributed by atoms with E-state index in [1.165, 1.54) is 16.8 Å². The van der Waals surface area contributed by atoms with Crippen LogP contribution in [0.5, 0.6) is 0 Å². The summed E-state index contributed by atoms with van der Waals surface area (Å²) in [5.41, 5.74) is 3.86. The Labute approximate surface area is 218 Å². The molecule has 1 amide bonds. The van der Waals surface area contributed by atoms with Crippen LogP contribution in [0.4, 0.5) is 0 Å². The average Bonchev–Trinajstić information content (AvgIpc) is 2.94. The maximum Gasteiger partial charge on any atom is 0.209 e. The Morgan fingerprint density at radius 2 is 1.75 bits per heavy atom. The number of amides is 1. The van der Waals surface area contributed by atoms with E-state index in [-0.39, 0.29) is 12.0 Å². The predicted molar refractivity (Wildman–Crippen MR) is 151 cm³/mol. The van der Waals surface area contributed by atoms with Gasteiger partial charge in [0.15, 0.2) is 0 Å². The number of aliphatic imine (C=N–C) groups is 1. The number of carbonyl (C=O) groups excluding carboxylic acids is 1. The number of aliphatic hydroxyl groups is 1. The SMILES string of the molecule is C/C(Cc1ccccc1)=C(/C1C=CC(O)=CC1)N1C=CN=C(N2CCN(C=O)CC2)C1C.CC.CC. The molecule has 0 bridgehead atoms. The number of nitrogens with zero attached hydrogens (tertiary/aromatic N) is 4. The Bertz CT molecular complexity index is 970. The zero-order chi connectivity index (χ0) is 26.5. The minimum atomic E-state index is 0.0800. The monoisotopic (exact) mass is 492 g/mol. The lowest BCUT2D eigenvalue weighted by atomic mass is 9.89. The average molecular weight is 493 g/mol. The third-order valence-corrected chi connectivity index (χ3v) is 6.47. The van der Waals surface area contributed by atoms with Gasteiger partial charge in [0.1, 0.15) is 11.6 Å². The molecule has 196 valence electrons. The molecule has 36 heavy (non-hydrogen) atoms. The number of amidine groups is 1. The van der Waals surface area contributed by atoms with Crippen molar-refractivity contribution in [1.29, 1.82) is 0 Å². The molecule has 2 aliphatic heterocycles. The van der Waals surface area contributed by atoms with Gasteiger partial charge in [-0.3, -0.25) is 4.79 Å². The predicted octanol–water partition coefficient (Wildman–Crippen LogP) is 5.92. The molecule has 2 heterocycles. The fourth-order valence-corrected chi connectivity index (χ4v) is 4.77. The minimum absolute atomic E-state index is 0.0800. The summed E-state index contributed by atoms with van der Waals surface area (Å²) in [4.78, 5) is 22.3. The lowest BCUT2D eigenvalue weighted by Gasteiger charge is -2.42. The van der Waals surface area contributed by atoms with Crippen molar-refractivity contribution in [1.82, 2.24) is 14.7 Å². The fourth-order valence-electron chi connectivity index (χ4n) is 4.77. The van der Waals surface area contributed by atoms with Crippen LogP contribution in [-0.2, 0) is 11.2 Å². The molecule has 1 aromatic rings. The number of rotatable bonds is 5. The molecule has 0 saturated carbocycles. The molecule has 4 rings (SSSR count). The van der Waals surface area contributed by atoms with Crippen molar-refractivity contribution in [2.75, 3.05) is 26.2 Å². The Morgan fingerprint density at radius 3 is 2.33 bits per heavy atom. The molecule has 1 saturated heterocycles. The van der Waals surface area contributed by atoms with Gasteiger partial charge < -0.3 is 19.8 Å². The largest absolute Gasteiger partial charge is 0.508 e. The lowest BCUT2D eigenvalue weighted by molar-refractivity contribution is -0.119. The third kappa shape index (κ3) is 7.36. The highest BCUT2D eigenvalue weighted by atomic mass is 16.3. The smallest absolute Gasteiger partial charge is 0.209 e. The molecule has 6 heteroatoms. The molecule has 1 aromatic carbocycles. The summed E-state index contributed by atoms with van der Waals surface area (Å²) >= 11 is 0. The summed E-state index contributed by atoms with van der Waals surface area (Å²) in [6.07, 6.45) is 12.3. The van der Waals surface area contributed by atoms with Crippen molar-refractivity contribution in [2.45, 2.75) is 60.4 Å². The molecule has 1 aliphatic carbocycles. The second kappa shape index (κ2) is 15.0. The van der Waals surface area contributed by atoms with E-state index in [9.17, 15) is 9.90 Å². The number of hydrogen-bond donors (Lipinski definition) is 1. The first-order valence-electron chi connectivity index (χ1n) is 13.3. The summed E-state index contributed by atoms with van der Waals surface area (Å²) < 4.78 is 0. The second-order valence-corrected chi connectivity index (χ2v) is 8.66. The molecule has 0 spiro atoms. The van der Waals surface area contributed by atoms with E-state index in [0.29, 0.717) is 5.76 Å². The first-order chi connectivity index (χ1) is 17.6. The molecular weight excluding hydrogens is 448 g/mol. The van der Waals surface area contributed by atoms with E-state index in [1.807, 2.05) is 50.9 Å². The van der Waals surface area contributed by atoms with Crippen molar-refractivity contribution in [3.05, 3.63) is 83.6 Å². The highest BCUT2D eigenvalue weighted by Gasteiger charge is 2.31. The number of benzene rings is 1. The van der Waals surface area contributed by atoms with Crippen LogP contribution in [0.25, 0.3) is 0 Å². The molecule has 2 atom stereocenters. The molecular formula is C30H44N4O2. The number of aliphatic hydroxyl groups excluding tert-OH is 1. The topological polar surface area (TPSA) is 59.4 Å². The molecule has 2 unspecified atom stereocenters. The number of piperazine rings is 1.